The smallest absolute Gasteiger partial charge is 0.315 e. The number of carbonyl (C=O) groups excluding carboxylic acids is 2. The molecule has 1 aromatic carbocycles. The van der Waals surface area contributed by atoms with Crippen molar-refractivity contribution in [2.24, 2.45) is 5.41 Å². The van der Waals surface area contributed by atoms with Crippen molar-refractivity contribution in [3.05, 3.63) is 35.9 Å². The quantitative estimate of drug-likeness (QED) is 0.847. The lowest BCUT2D eigenvalue weighted by molar-refractivity contribution is -0.128. The zero-order chi connectivity index (χ0) is 17.5. The summed E-state index contributed by atoms with van der Waals surface area (Å²) in [5, 5.41) is 5.77. The van der Waals surface area contributed by atoms with E-state index in [1.54, 1.807) is 14.1 Å². The summed E-state index contributed by atoms with van der Waals surface area (Å²) in [4.78, 5) is 25.1. The third-order valence-electron chi connectivity index (χ3n) is 3.45. The number of hydrogen-bond acceptors (Lipinski definition) is 2. The zero-order valence-corrected chi connectivity index (χ0v) is 14.8. The highest BCUT2D eigenvalue weighted by Gasteiger charge is 2.21. The molecule has 0 aromatic heterocycles. The Morgan fingerprint density at radius 2 is 1.74 bits per heavy atom. The van der Waals surface area contributed by atoms with E-state index in [0.717, 1.165) is 12.0 Å². The van der Waals surface area contributed by atoms with Crippen LogP contribution in [0.3, 0.4) is 0 Å². The van der Waals surface area contributed by atoms with Gasteiger partial charge in [-0.05, 0) is 17.4 Å². The van der Waals surface area contributed by atoms with Crippen LogP contribution >= 0.6 is 0 Å². The van der Waals surface area contributed by atoms with Gasteiger partial charge in [0.2, 0.25) is 5.91 Å². The van der Waals surface area contributed by atoms with Crippen LogP contribution < -0.4 is 10.6 Å². The first-order valence-corrected chi connectivity index (χ1v) is 7.98. The van der Waals surface area contributed by atoms with E-state index in [0.29, 0.717) is 13.0 Å². The summed E-state index contributed by atoms with van der Waals surface area (Å²) in [5.74, 6) is -0.000370. The summed E-state index contributed by atoms with van der Waals surface area (Å²) >= 11 is 0. The number of nitrogens with one attached hydrogen (secondary N) is 2. The van der Waals surface area contributed by atoms with Crippen molar-refractivity contribution in [1.29, 1.82) is 0 Å². The third kappa shape index (κ3) is 7.68. The Morgan fingerprint density at radius 3 is 2.26 bits per heavy atom. The van der Waals surface area contributed by atoms with Crippen molar-refractivity contribution in [2.75, 3.05) is 20.6 Å². The fourth-order valence-electron chi connectivity index (χ4n) is 2.27. The van der Waals surface area contributed by atoms with E-state index >= 15 is 0 Å². The monoisotopic (exact) mass is 319 g/mol. The molecular formula is C18H29N3O2. The Bertz CT molecular complexity index is 507. The van der Waals surface area contributed by atoms with E-state index in [9.17, 15) is 9.59 Å². The van der Waals surface area contributed by atoms with Crippen LogP contribution in [-0.2, 0) is 4.79 Å². The summed E-state index contributed by atoms with van der Waals surface area (Å²) in [7, 11) is 3.41. The molecular weight excluding hydrogens is 290 g/mol. The first kappa shape index (κ1) is 19.0. The van der Waals surface area contributed by atoms with Gasteiger partial charge in [-0.2, -0.15) is 0 Å². The first-order valence-electron chi connectivity index (χ1n) is 7.98. The minimum atomic E-state index is -0.241. The van der Waals surface area contributed by atoms with Crippen molar-refractivity contribution >= 4 is 11.9 Å². The molecule has 1 atom stereocenters. The van der Waals surface area contributed by atoms with Crippen LogP contribution in [0.4, 0.5) is 4.79 Å². The van der Waals surface area contributed by atoms with Gasteiger partial charge in [-0.15, -0.1) is 0 Å². The summed E-state index contributed by atoms with van der Waals surface area (Å²) in [6, 6.07) is 9.65. The third-order valence-corrected chi connectivity index (χ3v) is 3.45. The largest absolute Gasteiger partial charge is 0.349 e. The minimum absolute atomic E-state index is 0.000370. The van der Waals surface area contributed by atoms with Crippen molar-refractivity contribution in [3.63, 3.8) is 0 Å². The summed E-state index contributed by atoms with van der Waals surface area (Å²) < 4.78 is 0. The molecule has 128 valence electrons. The molecule has 0 aliphatic heterocycles. The number of carbonyl (C=O) groups is 2. The van der Waals surface area contributed by atoms with Gasteiger partial charge in [-0.1, -0.05) is 51.1 Å². The fourth-order valence-corrected chi connectivity index (χ4v) is 2.27. The van der Waals surface area contributed by atoms with Crippen molar-refractivity contribution in [3.8, 4) is 0 Å². The number of hydrogen-bond donors (Lipinski definition) is 2. The van der Waals surface area contributed by atoms with E-state index in [4.69, 9.17) is 0 Å². The van der Waals surface area contributed by atoms with Crippen LogP contribution in [0.15, 0.2) is 30.3 Å². The van der Waals surface area contributed by atoms with E-state index < -0.39 is 0 Å². The Balaban J connectivity index is 2.60. The van der Waals surface area contributed by atoms with Gasteiger partial charge in [-0.25, -0.2) is 4.79 Å². The number of nitrogens with zero attached hydrogens (tertiary/aromatic N) is 1. The zero-order valence-electron chi connectivity index (χ0n) is 14.8. The van der Waals surface area contributed by atoms with Gasteiger partial charge in [0.1, 0.15) is 0 Å². The fraction of sp³-hybridized carbons (Fsp3) is 0.556. The van der Waals surface area contributed by atoms with Crippen LogP contribution in [0.5, 0.6) is 0 Å². The summed E-state index contributed by atoms with van der Waals surface area (Å²) in [6.45, 7) is 6.79. The van der Waals surface area contributed by atoms with E-state index in [-0.39, 0.29) is 23.4 Å². The van der Waals surface area contributed by atoms with Gasteiger partial charge in [-0.3, -0.25) is 4.79 Å². The van der Waals surface area contributed by atoms with Crippen LogP contribution in [0.25, 0.3) is 0 Å². The number of amides is 3. The highest BCUT2D eigenvalue weighted by molar-refractivity contribution is 5.78. The van der Waals surface area contributed by atoms with Crippen molar-refractivity contribution in [2.45, 2.75) is 39.7 Å². The highest BCUT2D eigenvalue weighted by atomic mass is 16.2. The van der Waals surface area contributed by atoms with E-state index in [2.05, 4.69) is 31.4 Å². The molecule has 3 amide bonds. The molecule has 0 saturated heterocycles. The van der Waals surface area contributed by atoms with Gasteiger partial charge < -0.3 is 15.5 Å². The normalized spacial score (nSPS) is 12.4. The Morgan fingerprint density at radius 1 is 1.13 bits per heavy atom. The molecule has 5 nitrogen and oxygen atoms in total. The maximum atomic E-state index is 12.1. The van der Waals surface area contributed by atoms with Gasteiger partial charge >= 0.3 is 6.03 Å². The van der Waals surface area contributed by atoms with Gasteiger partial charge in [0.15, 0.2) is 0 Å². The topological polar surface area (TPSA) is 61.4 Å². The molecule has 0 saturated carbocycles. The molecule has 2 N–H and O–H groups in total. The number of urea groups is 1. The molecule has 0 fully saturated rings. The number of rotatable bonds is 6. The molecule has 0 radical (unpaired) electrons. The standard InChI is InChI=1S/C18H29N3O2/c1-18(2,3)13-15(14-9-7-6-8-10-14)20-17(23)19-12-11-16(22)21(4)5/h6-10,15H,11-13H2,1-5H3,(H2,19,20,23). The van der Waals surface area contributed by atoms with E-state index in [1.165, 1.54) is 4.90 Å². The summed E-state index contributed by atoms with van der Waals surface area (Å²) in [5.41, 5.74) is 1.18. The van der Waals surface area contributed by atoms with Gasteiger partial charge in [0.05, 0.1) is 6.04 Å². The van der Waals surface area contributed by atoms with Crippen molar-refractivity contribution < 1.29 is 9.59 Å². The highest BCUT2D eigenvalue weighted by Crippen LogP contribution is 2.29. The van der Waals surface area contributed by atoms with E-state index in [1.807, 2.05) is 30.3 Å². The maximum Gasteiger partial charge on any atom is 0.315 e. The van der Waals surface area contributed by atoms with Crippen LogP contribution in [0.2, 0.25) is 0 Å². The second-order valence-corrected chi connectivity index (χ2v) is 7.17. The van der Waals surface area contributed by atoms with Gasteiger partial charge in [0, 0.05) is 27.1 Å². The summed E-state index contributed by atoms with van der Waals surface area (Å²) in [6.07, 6.45) is 1.14. The maximum absolute atomic E-state index is 12.1. The molecule has 23 heavy (non-hydrogen) atoms. The lowest BCUT2D eigenvalue weighted by atomic mass is 9.85. The Labute approximate surface area is 139 Å². The average Bonchev–Trinajstić information content (AvgIpc) is 2.45. The lowest BCUT2D eigenvalue weighted by Crippen LogP contribution is -2.40. The molecule has 0 heterocycles. The predicted molar refractivity (Wildman–Crippen MR) is 93.1 cm³/mol. The average molecular weight is 319 g/mol. The second kappa shape index (κ2) is 8.56. The SMILES string of the molecule is CN(C)C(=O)CCNC(=O)NC(CC(C)(C)C)c1ccccc1. The Kier molecular flexibility index (Phi) is 7.07. The molecule has 1 unspecified atom stereocenters. The number of benzene rings is 1. The second-order valence-electron chi connectivity index (χ2n) is 7.17. The molecule has 5 heteroatoms. The molecule has 1 rings (SSSR count). The Hall–Kier alpha value is -2.04. The predicted octanol–water partition coefficient (Wildman–Crippen LogP) is 2.94. The molecule has 0 bridgehead atoms. The van der Waals surface area contributed by atoms with Crippen LogP contribution in [0.1, 0.15) is 45.2 Å². The van der Waals surface area contributed by atoms with Crippen molar-refractivity contribution in [1.82, 2.24) is 15.5 Å². The molecule has 0 aliphatic rings. The molecule has 0 aliphatic carbocycles. The molecule has 1 aromatic rings. The van der Waals surface area contributed by atoms with Crippen LogP contribution in [0, 0.1) is 5.41 Å². The minimum Gasteiger partial charge on any atom is -0.349 e. The molecule has 0 spiro atoms. The lowest BCUT2D eigenvalue weighted by Gasteiger charge is -2.27. The van der Waals surface area contributed by atoms with Crippen LogP contribution in [-0.4, -0.2) is 37.5 Å². The van der Waals surface area contributed by atoms with Gasteiger partial charge in [0.25, 0.3) is 0 Å². The first-order chi connectivity index (χ1) is 10.7.